The van der Waals surface area contributed by atoms with Crippen molar-refractivity contribution in [3.8, 4) is 0 Å². The van der Waals surface area contributed by atoms with Crippen molar-refractivity contribution in [2.24, 2.45) is 0 Å². The van der Waals surface area contributed by atoms with Gasteiger partial charge in [0.2, 0.25) is 0 Å². The Morgan fingerprint density at radius 3 is 2.31 bits per heavy atom. The topological polar surface area (TPSA) is 34.1 Å². The maximum atomic E-state index is 12.7. The Hall–Kier alpha value is -0.510. The molecule has 0 aromatic heterocycles. The van der Waals surface area contributed by atoms with Crippen molar-refractivity contribution in [1.29, 1.82) is 0 Å². The van der Waals surface area contributed by atoms with E-state index in [0.717, 1.165) is 5.56 Å². The predicted octanol–water partition coefficient (Wildman–Crippen LogP) is 1.85. The summed E-state index contributed by atoms with van der Waals surface area (Å²) in [7, 11) is 0. The number of benzene rings is 1. The zero-order valence-corrected chi connectivity index (χ0v) is 11.2. The molecule has 0 saturated heterocycles. The molecule has 1 unspecified atom stereocenters. The van der Waals surface area contributed by atoms with Crippen LogP contribution < -0.4 is 0 Å². The predicted molar refractivity (Wildman–Crippen MR) is 58.8 cm³/mol. The Labute approximate surface area is 116 Å². The Morgan fingerprint density at radius 2 is 1.75 bits per heavy atom. The molecule has 0 bridgehead atoms. The van der Waals surface area contributed by atoms with E-state index in [4.69, 9.17) is 0 Å². The number of carbonyl (C=O) groups is 2. The zero-order valence-electron chi connectivity index (χ0n) is 9.20. The van der Waals surface area contributed by atoms with Gasteiger partial charge in [-0.25, -0.2) is 4.39 Å². The number of Topliss-reactive ketones (excluding diaryl/α,β-unsaturated/α-hetero) is 2. The van der Waals surface area contributed by atoms with Crippen LogP contribution in [0.3, 0.4) is 0 Å². The maximum Gasteiger partial charge on any atom is 0.147 e. The van der Waals surface area contributed by atoms with Gasteiger partial charge in [0.25, 0.3) is 0 Å². The quantitative estimate of drug-likeness (QED) is 0.544. The molecule has 79 valence electrons. The smallest absolute Gasteiger partial charge is 0.147 e. The van der Waals surface area contributed by atoms with Gasteiger partial charge in [0.1, 0.15) is 17.4 Å². The summed E-state index contributed by atoms with van der Waals surface area (Å²) in [6, 6.07) is 5.93. The standard InChI is InChI=1S/C12H11FO2.Na/c13-9-3-1-8(2-4-9)11-6-5-10(14)7-12(11)15;/h1-4,11H,5-7H2;. The van der Waals surface area contributed by atoms with E-state index in [2.05, 4.69) is 0 Å². The van der Waals surface area contributed by atoms with Crippen LogP contribution in [0.5, 0.6) is 0 Å². The van der Waals surface area contributed by atoms with Gasteiger partial charge in [-0.2, -0.15) is 0 Å². The molecule has 1 saturated carbocycles. The molecule has 0 N–H and O–H groups in total. The van der Waals surface area contributed by atoms with E-state index < -0.39 is 0 Å². The molecule has 1 aromatic carbocycles. The SMILES string of the molecule is O=C1CCC(c2ccc(F)cc2)C(=O)C1.[Na]. The fourth-order valence-corrected chi connectivity index (χ4v) is 1.92. The molecule has 2 nitrogen and oxygen atoms in total. The van der Waals surface area contributed by atoms with Gasteiger partial charge in [-0.3, -0.25) is 9.59 Å². The van der Waals surface area contributed by atoms with Crippen LogP contribution in [0.1, 0.15) is 30.7 Å². The van der Waals surface area contributed by atoms with Gasteiger partial charge < -0.3 is 0 Å². The molecule has 1 aromatic rings. The molecular weight excluding hydrogens is 218 g/mol. The van der Waals surface area contributed by atoms with Crippen LogP contribution in [0, 0.1) is 5.82 Å². The van der Waals surface area contributed by atoms with Crippen LogP contribution in [-0.4, -0.2) is 41.1 Å². The van der Waals surface area contributed by atoms with Crippen LogP contribution in [0.2, 0.25) is 0 Å². The van der Waals surface area contributed by atoms with Crippen LogP contribution in [0.25, 0.3) is 0 Å². The number of ketones is 2. The third-order valence-corrected chi connectivity index (χ3v) is 2.74. The van der Waals surface area contributed by atoms with Crippen molar-refractivity contribution < 1.29 is 14.0 Å². The fourth-order valence-electron chi connectivity index (χ4n) is 1.92. The molecule has 0 spiro atoms. The Bertz CT molecular complexity index is 400. The van der Waals surface area contributed by atoms with Crippen molar-refractivity contribution in [1.82, 2.24) is 0 Å². The van der Waals surface area contributed by atoms with Gasteiger partial charge in [0.15, 0.2) is 0 Å². The fraction of sp³-hybridized carbons (Fsp3) is 0.333. The summed E-state index contributed by atoms with van der Waals surface area (Å²) in [4.78, 5) is 22.6. The molecule has 0 amide bonds. The molecular formula is C12H11FNaO2. The van der Waals surface area contributed by atoms with Gasteiger partial charge in [-0.05, 0) is 24.1 Å². The van der Waals surface area contributed by atoms with E-state index in [0.29, 0.717) is 12.8 Å². The monoisotopic (exact) mass is 229 g/mol. The van der Waals surface area contributed by atoms with Gasteiger partial charge in [0.05, 0.1) is 6.42 Å². The Kier molecular flexibility index (Phi) is 4.84. The first-order chi connectivity index (χ1) is 7.16. The average molecular weight is 229 g/mol. The minimum atomic E-state index is -0.307. The molecule has 1 fully saturated rings. The van der Waals surface area contributed by atoms with E-state index in [1.165, 1.54) is 12.1 Å². The first-order valence-electron chi connectivity index (χ1n) is 4.96. The summed E-state index contributed by atoms with van der Waals surface area (Å²) in [5.41, 5.74) is 0.814. The van der Waals surface area contributed by atoms with Crippen molar-refractivity contribution in [2.75, 3.05) is 0 Å². The molecule has 4 heteroatoms. The number of hydrogen-bond donors (Lipinski definition) is 0. The molecule has 0 aliphatic heterocycles. The first kappa shape index (κ1) is 13.6. The summed E-state index contributed by atoms with van der Waals surface area (Å²) in [5, 5.41) is 0. The number of rotatable bonds is 1. The second-order valence-electron chi connectivity index (χ2n) is 3.82. The van der Waals surface area contributed by atoms with Crippen molar-refractivity contribution in [3.63, 3.8) is 0 Å². The van der Waals surface area contributed by atoms with Crippen molar-refractivity contribution in [3.05, 3.63) is 35.6 Å². The molecule has 1 radical (unpaired) electrons. The van der Waals surface area contributed by atoms with Crippen LogP contribution in [0.4, 0.5) is 4.39 Å². The molecule has 1 atom stereocenters. The summed E-state index contributed by atoms with van der Waals surface area (Å²) < 4.78 is 12.7. The summed E-state index contributed by atoms with van der Waals surface area (Å²) in [5.74, 6) is -0.558. The van der Waals surface area contributed by atoms with E-state index in [1.807, 2.05) is 0 Å². The van der Waals surface area contributed by atoms with Gasteiger partial charge in [-0.15, -0.1) is 0 Å². The van der Waals surface area contributed by atoms with Crippen molar-refractivity contribution in [2.45, 2.75) is 25.2 Å². The molecule has 1 aliphatic carbocycles. The Balaban J connectivity index is 0.00000128. The second-order valence-corrected chi connectivity index (χ2v) is 3.82. The van der Waals surface area contributed by atoms with Crippen molar-refractivity contribution >= 4 is 41.1 Å². The first-order valence-corrected chi connectivity index (χ1v) is 4.96. The minimum Gasteiger partial charge on any atom is -0.299 e. The van der Waals surface area contributed by atoms with E-state index in [-0.39, 0.29) is 59.3 Å². The van der Waals surface area contributed by atoms with Crippen LogP contribution in [-0.2, 0) is 9.59 Å². The largest absolute Gasteiger partial charge is 0.299 e. The van der Waals surface area contributed by atoms with E-state index in [1.54, 1.807) is 12.1 Å². The van der Waals surface area contributed by atoms with E-state index in [9.17, 15) is 14.0 Å². The number of carbonyl (C=O) groups excluding carboxylic acids is 2. The molecule has 0 heterocycles. The third kappa shape index (κ3) is 3.00. The van der Waals surface area contributed by atoms with Crippen LogP contribution >= 0.6 is 0 Å². The van der Waals surface area contributed by atoms with Gasteiger partial charge in [-0.1, -0.05) is 12.1 Å². The molecule has 2 rings (SSSR count). The Morgan fingerprint density at radius 1 is 1.12 bits per heavy atom. The van der Waals surface area contributed by atoms with Gasteiger partial charge in [0, 0.05) is 41.9 Å². The maximum absolute atomic E-state index is 12.7. The second kappa shape index (κ2) is 5.71. The van der Waals surface area contributed by atoms with Gasteiger partial charge >= 0.3 is 0 Å². The van der Waals surface area contributed by atoms with Crippen LogP contribution in [0.15, 0.2) is 24.3 Å². The summed E-state index contributed by atoms with van der Waals surface area (Å²) >= 11 is 0. The average Bonchev–Trinajstić information content (AvgIpc) is 2.20. The van der Waals surface area contributed by atoms with E-state index >= 15 is 0 Å². The zero-order chi connectivity index (χ0) is 10.8. The summed E-state index contributed by atoms with van der Waals surface area (Å²) in [6.45, 7) is 0. The third-order valence-electron chi connectivity index (χ3n) is 2.74. The normalized spacial score (nSPS) is 20.4. The number of hydrogen-bond acceptors (Lipinski definition) is 2. The number of halogens is 1. The molecule has 1 aliphatic rings. The summed E-state index contributed by atoms with van der Waals surface area (Å²) in [6.07, 6.45) is 1.04. The molecule has 16 heavy (non-hydrogen) atoms. The minimum absolute atomic E-state index is 0.